The maximum absolute atomic E-state index is 10.7. The van der Waals surface area contributed by atoms with Crippen molar-refractivity contribution in [3.05, 3.63) is 25.5 Å². The summed E-state index contributed by atoms with van der Waals surface area (Å²) in [5.74, 6) is 0.00617. The maximum atomic E-state index is 10.7. The normalized spacial score (nSPS) is 10.9. The van der Waals surface area contributed by atoms with E-state index in [1.807, 2.05) is 0 Å². The number of halogens is 1. The molecule has 60 valence electrons. The van der Waals surface area contributed by atoms with Crippen molar-refractivity contribution in [2.24, 2.45) is 0 Å². The Kier molecular flexibility index (Phi) is 2.00. The summed E-state index contributed by atoms with van der Waals surface area (Å²) in [6.07, 6.45) is -0.129. The van der Waals surface area contributed by atoms with Gasteiger partial charge >= 0.3 is 0 Å². The highest BCUT2D eigenvalue weighted by Gasteiger charge is 2.20. The molecule has 0 radical (unpaired) electrons. The van der Waals surface area contributed by atoms with Gasteiger partial charge in [0.25, 0.3) is 10.9 Å². The molecule has 0 unspecified atom stereocenters. The fraction of sp³-hybridized carbons (Fsp3) is 0.429. The molecule has 0 amide bonds. The van der Waals surface area contributed by atoms with E-state index in [1.54, 1.807) is 13.8 Å². The van der Waals surface area contributed by atoms with Crippen LogP contribution in [0.3, 0.4) is 0 Å². The lowest BCUT2D eigenvalue weighted by molar-refractivity contribution is 0.237. The van der Waals surface area contributed by atoms with Crippen LogP contribution in [0.15, 0.2) is 9.59 Å². The van der Waals surface area contributed by atoms with Gasteiger partial charge in [-0.05, 0) is 13.8 Å². The Bertz CT molecular complexity index is 333. The first-order valence-electron chi connectivity index (χ1n) is 3.19. The number of hydrogen-bond acceptors (Lipinski definition) is 3. The van der Waals surface area contributed by atoms with E-state index in [4.69, 9.17) is 16.3 Å². The molecule has 0 saturated carbocycles. The van der Waals surface area contributed by atoms with E-state index in [1.165, 1.54) is 0 Å². The van der Waals surface area contributed by atoms with Gasteiger partial charge in [0.1, 0.15) is 5.02 Å². The highest BCUT2D eigenvalue weighted by molar-refractivity contribution is 6.32. The molecule has 1 aromatic carbocycles. The second-order valence-electron chi connectivity index (χ2n) is 2.47. The zero-order valence-electron chi connectivity index (χ0n) is 6.18. The Hall–Kier alpha value is -0.830. The minimum absolute atomic E-state index is 0.00617. The lowest BCUT2D eigenvalue weighted by Crippen LogP contribution is -2.34. The van der Waals surface area contributed by atoms with E-state index in [2.05, 4.69) is 0 Å². The lowest BCUT2D eigenvalue weighted by atomic mass is 10.3. The fourth-order valence-electron chi connectivity index (χ4n) is 0.684. The summed E-state index contributed by atoms with van der Waals surface area (Å²) >= 11 is 5.39. The molecule has 0 fully saturated rings. The van der Waals surface area contributed by atoms with Gasteiger partial charge in [-0.2, -0.15) is 0 Å². The molecule has 0 aliphatic heterocycles. The third kappa shape index (κ3) is 1.28. The minimum Gasteiger partial charge on any atom is -0.485 e. The third-order valence-electron chi connectivity index (χ3n) is 1.16. The predicted octanol–water partition coefficient (Wildman–Crippen LogP) is 0.723. The van der Waals surface area contributed by atoms with Gasteiger partial charge in [0, 0.05) is 0 Å². The molecule has 0 aliphatic rings. The summed E-state index contributed by atoms with van der Waals surface area (Å²) < 4.78 is 4.96. The molecule has 11 heavy (non-hydrogen) atoms. The van der Waals surface area contributed by atoms with Gasteiger partial charge in [-0.15, -0.1) is 0 Å². The molecular weight excluding hydrogens is 168 g/mol. The van der Waals surface area contributed by atoms with E-state index in [9.17, 15) is 9.59 Å². The second-order valence-corrected chi connectivity index (χ2v) is 2.85. The monoisotopic (exact) mass is 174 g/mol. The summed E-state index contributed by atoms with van der Waals surface area (Å²) in [6, 6.07) is 0. The zero-order valence-corrected chi connectivity index (χ0v) is 6.94. The first-order valence-corrected chi connectivity index (χ1v) is 3.57. The molecule has 0 aliphatic carbocycles. The molecule has 4 heteroatoms. The number of hydrogen-bond donors (Lipinski definition) is 0. The van der Waals surface area contributed by atoms with E-state index in [-0.39, 0.29) is 16.9 Å². The fourth-order valence-corrected chi connectivity index (χ4v) is 0.900. The van der Waals surface area contributed by atoms with Crippen molar-refractivity contribution >= 4 is 11.6 Å². The first-order chi connectivity index (χ1) is 5.04. The molecule has 0 saturated heterocycles. The highest BCUT2D eigenvalue weighted by atomic mass is 35.5. The zero-order chi connectivity index (χ0) is 8.59. The summed E-state index contributed by atoms with van der Waals surface area (Å²) in [4.78, 5) is 21.2. The molecule has 0 aromatic heterocycles. The largest absolute Gasteiger partial charge is 0.485 e. The van der Waals surface area contributed by atoms with E-state index in [0.717, 1.165) is 0 Å². The van der Waals surface area contributed by atoms with Crippen LogP contribution in [0.25, 0.3) is 0 Å². The first kappa shape index (κ1) is 8.27. The Morgan fingerprint density at radius 2 is 1.82 bits per heavy atom. The van der Waals surface area contributed by atoms with Gasteiger partial charge in [-0.3, -0.25) is 9.59 Å². The van der Waals surface area contributed by atoms with E-state index in [0.29, 0.717) is 0 Å². The van der Waals surface area contributed by atoms with Gasteiger partial charge in [0.2, 0.25) is 0 Å². The molecule has 0 N–H and O–H groups in total. The van der Waals surface area contributed by atoms with Crippen molar-refractivity contribution in [2.45, 2.75) is 20.0 Å². The van der Waals surface area contributed by atoms with E-state index < -0.39 is 10.9 Å². The van der Waals surface area contributed by atoms with Crippen LogP contribution in [-0.4, -0.2) is 6.10 Å². The molecule has 0 atom stereocenters. The van der Waals surface area contributed by atoms with Crippen molar-refractivity contribution in [3.8, 4) is 5.75 Å². The summed E-state index contributed by atoms with van der Waals surface area (Å²) in [5.41, 5.74) is -1.27. The van der Waals surface area contributed by atoms with Crippen molar-refractivity contribution in [1.82, 2.24) is 0 Å². The topological polar surface area (TPSA) is 43.4 Å². The highest BCUT2D eigenvalue weighted by Crippen LogP contribution is 2.17. The lowest BCUT2D eigenvalue weighted by Gasteiger charge is -2.10. The Morgan fingerprint density at radius 1 is 1.27 bits per heavy atom. The van der Waals surface area contributed by atoms with Gasteiger partial charge in [0.05, 0.1) is 6.10 Å². The van der Waals surface area contributed by atoms with Gasteiger partial charge in [0.15, 0.2) is 5.75 Å². The van der Waals surface area contributed by atoms with Crippen LogP contribution in [0.2, 0.25) is 5.02 Å². The average Bonchev–Trinajstić information content (AvgIpc) is 1.98. The van der Waals surface area contributed by atoms with Crippen molar-refractivity contribution < 1.29 is 4.74 Å². The van der Waals surface area contributed by atoms with Gasteiger partial charge in [-0.1, -0.05) is 11.6 Å². The quantitative estimate of drug-likeness (QED) is 0.621. The van der Waals surface area contributed by atoms with Gasteiger partial charge < -0.3 is 4.74 Å². The number of ether oxygens (including phenoxy) is 1. The molecule has 1 aromatic rings. The number of rotatable bonds is 2. The maximum Gasteiger partial charge on any atom is 0.270 e. The third-order valence-corrected chi connectivity index (χ3v) is 1.51. The summed E-state index contributed by atoms with van der Waals surface area (Å²) in [5, 5.41) is -0.0799. The van der Waals surface area contributed by atoms with Crippen molar-refractivity contribution in [2.75, 3.05) is 0 Å². The van der Waals surface area contributed by atoms with Crippen molar-refractivity contribution in [1.29, 1.82) is 0 Å². The summed E-state index contributed by atoms with van der Waals surface area (Å²) in [6.45, 7) is 3.51. The Labute approximate surface area is 68.2 Å². The van der Waals surface area contributed by atoms with Crippen LogP contribution in [0.4, 0.5) is 0 Å². The molecule has 3 nitrogen and oxygen atoms in total. The van der Waals surface area contributed by atoms with E-state index >= 15 is 0 Å². The predicted molar refractivity (Wildman–Crippen MR) is 42.1 cm³/mol. The Morgan fingerprint density at radius 3 is 2.18 bits per heavy atom. The molecule has 0 heterocycles. The van der Waals surface area contributed by atoms with Crippen LogP contribution in [0, 0.1) is 0 Å². The van der Waals surface area contributed by atoms with Crippen LogP contribution in [0.5, 0.6) is 5.75 Å². The molecule has 1 rings (SSSR count). The van der Waals surface area contributed by atoms with Crippen LogP contribution < -0.4 is 15.6 Å². The minimum atomic E-state index is -0.651. The smallest absolute Gasteiger partial charge is 0.270 e. The van der Waals surface area contributed by atoms with Gasteiger partial charge in [-0.25, -0.2) is 0 Å². The standard InChI is InChI=1S/C7H7ClO3/c1-3(2)11-7-4(8)5(9)6(7)10/h3H,1-2H3. The van der Waals surface area contributed by atoms with Crippen LogP contribution in [-0.2, 0) is 0 Å². The molecule has 0 bridgehead atoms. The second kappa shape index (κ2) is 2.66. The molecule has 0 spiro atoms. The average molecular weight is 175 g/mol. The van der Waals surface area contributed by atoms with Crippen LogP contribution in [0.1, 0.15) is 13.8 Å². The SMILES string of the molecule is CC(C)Oc1c(Cl)c(=O)c1=O. The Balaban J connectivity index is 2.91. The molecular formula is C7H7ClO3. The van der Waals surface area contributed by atoms with Crippen molar-refractivity contribution in [3.63, 3.8) is 0 Å². The van der Waals surface area contributed by atoms with Crippen LogP contribution >= 0.6 is 11.6 Å². The summed E-state index contributed by atoms with van der Waals surface area (Å²) in [7, 11) is 0.